The van der Waals surface area contributed by atoms with Crippen LogP contribution in [0.25, 0.3) is 10.6 Å². The van der Waals surface area contributed by atoms with Gasteiger partial charge < -0.3 is 15.4 Å². The second-order valence-corrected chi connectivity index (χ2v) is 8.73. The Bertz CT molecular complexity index is 727. The maximum Gasteiger partial charge on any atom is 0.123 e. The van der Waals surface area contributed by atoms with Gasteiger partial charge in [0.25, 0.3) is 0 Å². The molecule has 1 aromatic heterocycles. The van der Waals surface area contributed by atoms with Gasteiger partial charge in [-0.3, -0.25) is 0 Å². The normalized spacial score (nSPS) is 23.2. The number of hydrogen-bond donors (Lipinski definition) is 1. The molecule has 4 rings (SSSR count). The number of thiazole rings is 1. The zero-order valence-corrected chi connectivity index (χ0v) is 16.4. The van der Waals surface area contributed by atoms with Crippen LogP contribution in [0.5, 0.6) is 5.75 Å². The Morgan fingerprint density at radius 3 is 2.88 bits per heavy atom. The minimum absolute atomic E-state index is 0.275. The molecule has 0 radical (unpaired) electrons. The van der Waals surface area contributed by atoms with Crippen molar-refractivity contribution in [2.45, 2.75) is 57.5 Å². The third-order valence-electron chi connectivity index (χ3n) is 5.63. The molecule has 2 aliphatic rings. The number of fused-ring (bicyclic) bond motifs is 1. The van der Waals surface area contributed by atoms with Crippen LogP contribution in [-0.2, 0) is 12.8 Å². The molecule has 2 unspecified atom stereocenters. The van der Waals surface area contributed by atoms with E-state index in [1.54, 1.807) is 0 Å². The molecule has 2 heterocycles. The predicted octanol–water partition coefficient (Wildman–Crippen LogP) is 3.88. The molecule has 1 aliphatic carbocycles. The molecule has 1 aliphatic heterocycles. The average molecular weight is 372 g/mol. The number of rotatable bonds is 6. The van der Waals surface area contributed by atoms with E-state index in [2.05, 4.69) is 36.1 Å². The molecule has 2 atom stereocenters. The SMILES string of the molecule is CC1CCCN1CCCOc1ccc(-c2nc3c(s2)CCC(N)C3)cc1. The molecular weight excluding hydrogens is 342 g/mol. The highest BCUT2D eigenvalue weighted by Gasteiger charge is 2.21. The minimum Gasteiger partial charge on any atom is -0.494 e. The minimum atomic E-state index is 0.275. The number of nitrogens with two attached hydrogens (primary N) is 1. The number of benzene rings is 1. The van der Waals surface area contributed by atoms with Crippen molar-refractivity contribution in [1.82, 2.24) is 9.88 Å². The van der Waals surface area contributed by atoms with Gasteiger partial charge in [0.1, 0.15) is 10.8 Å². The molecule has 4 nitrogen and oxygen atoms in total. The molecule has 1 fully saturated rings. The highest BCUT2D eigenvalue weighted by molar-refractivity contribution is 7.15. The maximum absolute atomic E-state index is 6.07. The molecule has 2 N–H and O–H groups in total. The van der Waals surface area contributed by atoms with Crippen LogP contribution in [0.2, 0.25) is 0 Å². The van der Waals surface area contributed by atoms with Crippen LogP contribution in [0.3, 0.4) is 0 Å². The maximum atomic E-state index is 6.07. The van der Waals surface area contributed by atoms with E-state index < -0.39 is 0 Å². The van der Waals surface area contributed by atoms with Crippen molar-refractivity contribution in [1.29, 1.82) is 0 Å². The van der Waals surface area contributed by atoms with E-state index in [1.165, 1.54) is 35.5 Å². The smallest absolute Gasteiger partial charge is 0.123 e. The van der Waals surface area contributed by atoms with Crippen LogP contribution in [0.1, 0.15) is 43.2 Å². The molecule has 2 aromatic rings. The summed E-state index contributed by atoms with van der Waals surface area (Å²) in [6, 6.07) is 9.41. The van der Waals surface area contributed by atoms with Gasteiger partial charge in [-0.2, -0.15) is 0 Å². The third kappa shape index (κ3) is 4.11. The van der Waals surface area contributed by atoms with Gasteiger partial charge in [-0.15, -0.1) is 11.3 Å². The lowest BCUT2D eigenvalue weighted by atomic mass is 9.99. The van der Waals surface area contributed by atoms with Gasteiger partial charge in [0, 0.05) is 35.5 Å². The van der Waals surface area contributed by atoms with Crippen molar-refractivity contribution in [2.24, 2.45) is 5.73 Å². The summed E-state index contributed by atoms with van der Waals surface area (Å²) in [6.45, 7) is 5.51. The lowest BCUT2D eigenvalue weighted by Crippen LogP contribution is -2.28. The zero-order valence-electron chi connectivity index (χ0n) is 15.6. The van der Waals surface area contributed by atoms with E-state index in [1.807, 2.05) is 11.3 Å². The van der Waals surface area contributed by atoms with E-state index in [0.717, 1.165) is 55.6 Å². The molecule has 0 spiro atoms. The number of aromatic nitrogens is 1. The average Bonchev–Trinajstić information content (AvgIpc) is 3.25. The van der Waals surface area contributed by atoms with Gasteiger partial charge in [-0.1, -0.05) is 0 Å². The van der Waals surface area contributed by atoms with E-state index in [4.69, 9.17) is 15.5 Å². The summed E-state index contributed by atoms with van der Waals surface area (Å²) in [5, 5.41) is 1.11. The second kappa shape index (κ2) is 8.07. The fourth-order valence-corrected chi connectivity index (χ4v) is 5.11. The van der Waals surface area contributed by atoms with Crippen LogP contribution in [-0.4, -0.2) is 41.7 Å². The molecule has 0 bridgehead atoms. The van der Waals surface area contributed by atoms with E-state index in [9.17, 15) is 0 Å². The van der Waals surface area contributed by atoms with E-state index >= 15 is 0 Å². The van der Waals surface area contributed by atoms with Crippen LogP contribution in [0.15, 0.2) is 24.3 Å². The lowest BCUT2D eigenvalue weighted by molar-refractivity contribution is 0.230. The Labute approximate surface area is 160 Å². The Kier molecular flexibility index (Phi) is 5.57. The summed E-state index contributed by atoms with van der Waals surface area (Å²) in [5.41, 5.74) is 8.45. The highest BCUT2D eigenvalue weighted by atomic mass is 32.1. The van der Waals surface area contributed by atoms with Crippen LogP contribution in [0.4, 0.5) is 0 Å². The van der Waals surface area contributed by atoms with Crippen LogP contribution in [0, 0.1) is 0 Å². The number of nitrogens with zero attached hydrogens (tertiary/aromatic N) is 2. The Hall–Kier alpha value is -1.43. The molecule has 0 amide bonds. The summed E-state index contributed by atoms with van der Waals surface area (Å²) in [5.74, 6) is 0.951. The summed E-state index contributed by atoms with van der Waals surface area (Å²) in [7, 11) is 0. The first-order valence-corrected chi connectivity index (χ1v) is 10.7. The fraction of sp³-hybridized carbons (Fsp3) is 0.571. The van der Waals surface area contributed by atoms with Gasteiger partial charge in [0.2, 0.25) is 0 Å². The fourth-order valence-electron chi connectivity index (χ4n) is 4.00. The monoisotopic (exact) mass is 371 g/mol. The number of ether oxygens (including phenoxy) is 1. The Morgan fingerprint density at radius 2 is 2.12 bits per heavy atom. The summed E-state index contributed by atoms with van der Waals surface area (Å²) in [4.78, 5) is 8.81. The van der Waals surface area contributed by atoms with Crippen molar-refractivity contribution in [3.8, 4) is 16.3 Å². The van der Waals surface area contributed by atoms with Crippen molar-refractivity contribution < 1.29 is 4.74 Å². The summed E-state index contributed by atoms with van der Waals surface area (Å²) < 4.78 is 5.93. The van der Waals surface area contributed by atoms with Gasteiger partial charge >= 0.3 is 0 Å². The van der Waals surface area contributed by atoms with Crippen molar-refractivity contribution in [3.05, 3.63) is 34.8 Å². The molecule has 1 saturated heterocycles. The topological polar surface area (TPSA) is 51.4 Å². The van der Waals surface area contributed by atoms with Crippen molar-refractivity contribution in [2.75, 3.05) is 19.7 Å². The predicted molar refractivity (Wildman–Crippen MR) is 108 cm³/mol. The van der Waals surface area contributed by atoms with Crippen molar-refractivity contribution in [3.63, 3.8) is 0 Å². The highest BCUT2D eigenvalue weighted by Crippen LogP contribution is 2.33. The van der Waals surface area contributed by atoms with Gasteiger partial charge in [0.05, 0.1) is 12.3 Å². The third-order valence-corrected chi connectivity index (χ3v) is 6.83. The molecular formula is C21H29N3OS. The quantitative estimate of drug-likeness (QED) is 0.783. The second-order valence-electron chi connectivity index (χ2n) is 7.65. The van der Waals surface area contributed by atoms with E-state index in [0.29, 0.717) is 0 Å². The Morgan fingerprint density at radius 1 is 1.27 bits per heavy atom. The van der Waals surface area contributed by atoms with Gasteiger partial charge in [-0.05, 0) is 69.8 Å². The number of likely N-dealkylation sites (tertiary alicyclic amines) is 1. The largest absolute Gasteiger partial charge is 0.494 e. The Balaban J connectivity index is 1.29. The molecule has 0 saturated carbocycles. The summed E-state index contributed by atoms with van der Waals surface area (Å²) in [6.07, 6.45) is 6.85. The van der Waals surface area contributed by atoms with Crippen LogP contribution >= 0.6 is 11.3 Å². The first-order valence-electron chi connectivity index (χ1n) is 9.90. The lowest BCUT2D eigenvalue weighted by Gasteiger charge is -2.20. The zero-order chi connectivity index (χ0) is 17.9. The molecule has 140 valence electrons. The van der Waals surface area contributed by atoms with E-state index in [-0.39, 0.29) is 6.04 Å². The first kappa shape index (κ1) is 18.0. The molecule has 5 heteroatoms. The number of aryl methyl sites for hydroxylation is 1. The summed E-state index contributed by atoms with van der Waals surface area (Å²) >= 11 is 1.82. The van der Waals surface area contributed by atoms with Gasteiger partial charge in [-0.25, -0.2) is 4.98 Å². The van der Waals surface area contributed by atoms with Crippen molar-refractivity contribution >= 4 is 11.3 Å². The first-order chi connectivity index (χ1) is 12.7. The van der Waals surface area contributed by atoms with Gasteiger partial charge in [0.15, 0.2) is 0 Å². The number of hydrogen-bond acceptors (Lipinski definition) is 5. The standard InChI is InChI=1S/C21H29N3OS/c1-15-4-2-11-24(15)12-3-13-25-18-8-5-16(6-9-18)21-23-19-14-17(22)7-10-20(19)26-21/h5-6,8-9,15,17H,2-4,7,10-14,22H2,1H3. The van der Waals surface area contributed by atoms with Crippen LogP contribution < -0.4 is 10.5 Å². The molecule has 1 aromatic carbocycles. The molecule has 26 heavy (non-hydrogen) atoms.